The summed E-state index contributed by atoms with van der Waals surface area (Å²) in [6.07, 6.45) is 1.79. The van der Waals surface area contributed by atoms with E-state index in [1.165, 1.54) is 24.3 Å². The fourth-order valence-corrected chi connectivity index (χ4v) is 4.63. The van der Waals surface area contributed by atoms with E-state index in [0.717, 1.165) is 18.8 Å². The van der Waals surface area contributed by atoms with E-state index in [-0.39, 0.29) is 23.5 Å². The standard InChI is InChI=1S/C27H28F2N2O2/c28-23-10-6-20(7-11-23)27(33,21-8-12-24(29)13-9-21)22-14-17-31(18-15-22)19-16-26(32)30-25-4-2-1-3-5-25/h1-13,22,33H,14-19H2,(H,30,32). The zero-order chi connectivity index (χ0) is 23.3. The maximum absolute atomic E-state index is 13.5. The Balaban J connectivity index is 1.41. The molecule has 2 N–H and O–H groups in total. The number of anilines is 1. The molecular formula is C27H28F2N2O2. The topological polar surface area (TPSA) is 52.6 Å². The van der Waals surface area contributed by atoms with Crippen LogP contribution in [0.1, 0.15) is 30.4 Å². The molecule has 0 spiro atoms. The summed E-state index contributed by atoms with van der Waals surface area (Å²) in [5, 5.41) is 14.8. The van der Waals surface area contributed by atoms with E-state index in [2.05, 4.69) is 10.2 Å². The summed E-state index contributed by atoms with van der Waals surface area (Å²) < 4.78 is 27.1. The molecule has 0 aliphatic carbocycles. The van der Waals surface area contributed by atoms with Gasteiger partial charge in [0, 0.05) is 18.7 Å². The van der Waals surface area contributed by atoms with Crippen LogP contribution in [0.4, 0.5) is 14.5 Å². The van der Waals surface area contributed by atoms with Crippen LogP contribution in [0.3, 0.4) is 0 Å². The molecule has 33 heavy (non-hydrogen) atoms. The Morgan fingerprint density at radius 1 is 0.879 bits per heavy atom. The minimum Gasteiger partial charge on any atom is -0.380 e. The summed E-state index contributed by atoms with van der Waals surface area (Å²) in [5.74, 6) is -0.895. The molecule has 1 heterocycles. The minimum absolute atomic E-state index is 0.0301. The van der Waals surface area contributed by atoms with E-state index in [1.54, 1.807) is 24.3 Å². The van der Waals surface area contributed by atoms with Gasteiger partial charge in [-0.2, -0.15) is 0 Å². The largest absolute Gasteiger partial charge is 0.380 e. The third-order valence-corrected chi connectivity index (χ3v) is 6.46. The van der Waals surface area contributed by atoms with Crippen LogP contribution in [0.25, 0.3) is 0 Å². The highest BCUT2D eigenvalue weighted by Gasteiger charge is 2.41. The van der Waals surface area contributed by atoms with Crippen molar-refractivity contribution in [3.05, 3.63) is 102 Å². The summed E-state index contributed by atoms with van der Waals surface area (Å²) in [6, 6.07) is 21.1. The zero-order valence-electron chi connectivity index (χ0n) is 18.4. The third kappa shape index (κ3) is 5.46. The number of aliphatic hydroxyl groups is 1. The molecular weight excluding hydrogens is 422 g/mol. The molecule has 0 unspecified atom stereocenters. The number of halogens is 2. The Morgan fingerprint density at radius 2 is 1.39 bits per heavy atom. The van der Waals surface area contributed by atoms with Gasteiger partial charge in [0.2, 0.25) is 5.91 Å². The number of carbonyl (C=O) groups is 1. The lowest BCUT2D eigenvalue weighted by molar-refractivity contribution is -0.116. The SMILES string of the molecule is O=C(CCN1CCC(C(O)(c2ccc(F)cc2)c2ccc(F)cc2)CC1)Nc1ccccc1. The van der Waals surface area contributed by atoms with Gasteiger partial charge in [0.25, 0.3) is 0 Å². The number of hydrogen-bond donors (Lipinski definition) is 2. The first-order valence-electron chi connectivity index (χ1n) is 11.3. The lowest BCUT2D eigenvalue weighted by Crippen LogP contribution is -2.44. The Bertz CT molecular complexity index is 1000. The fraction of sp³-hybridized carbons (Fsp3) is 0.296. The molecule has 3 aromatic rings. The van der Waals surface area contributed by atoms with Gasteiger partial charge in [0.1, 0.15) is 17.2 Å². The summed E-state index contributed by atoms with van der Waals surface area (Å²) in [5.41, 5.74) is 0.621. The van der Waals surface area contributed by atoms with E-state index in [9.17, 15) is 18.7 Å². The lowest BCUT2D eigenvalue weighted by atomic mass is 9.72. The highest BCUT2D eigenvalue weighted by atomic mass is 19.1. The van der Waals surface area contributed by atoms with Crippen molar-refractivity contribution < 1.29 is 18.7 Å². The molecule has 6 heteroatoms. The number of nitrogens with one attached hydrogen (secondary N) is 1. The molecule has 172 valence electrons. The number of benzene rings is 3. The van der Waals surface area contributed by atoms with Crippen molar-refractivity contribution in [1.29, 1.82) is 0 Å². The van der Waals surface area contributed by atoms with E-state index in [1.807, 2.05) is 30.3 Å². The van der Waals surface area contributed by atoms with Crippen LogP contribution in [-0.4, -0.2) is 35.5 Å². The van der Waals surface area contributed by atoms with Gasteiger partial charge in [0.15, 0.2) is 0 Å². The van der Waals surface area contributed by atoms with Gasteiger partial charge in [-0.3, -0.25) is 4.79 Å². The smallest absolute Gasteiger partial charge is 0.225 e. The molecule has 0 bridgehead atoms. The predicted octanol–water partition coefficient (Wildman–Crippen LogP) is 4.94. The van der Waals surface area contributed by atoms with Gasteiger partial charge in [-0.1, -0.05) is 42.5 Å². The number of nitrogens with zero attached hydrogens (tertiary/aromatic N) is 1. The maximum atomic E-state index is 13.5. The second kappa shape index (κ2) is 10.2. The van der Waals surface area contributed by atoms with Crippen LogP contribution in [0.5, 0.6) is 0 Å². The maximum Gasteiger partial charge on any atom is 0.225 e. The van der Waals surface area contributed by atoms with Crippen LogP contribution in [0.15, 0.2) is 78.9 Å². The van der Waals surface area contributed by atoms with E-state index in [0.29, 0.717) is 36.9 Å². The number of rotatable bonds is 7. The molecule has 1 fully saturated rings. The average Bonchev–Trinajstić information content (AvgIpc) is 2.84. The van der Waals surface area contributed by atoms with Crippen molar-refractivity contribution in [2.45, 2.75) is 24.9 Å². The molecule has 3 aromatic carbocycles. The van der Waals surface area contributed by atoms with Crippen molar-refractivity contribution >= 4 is 11.6 Å². The van der Waals surface area contributed by atoms with E-state index in [4.69, 9.17) is 0 Å². The number of piperidine rings is 1. The molecule has 0 saturated carbocycles. The Labute approximate surface area is 192 Å². The summed E-state index contributed by atoms with van der Waals surface area (Å²) in [4.78, 5) is 14.5. The first-order valence-corrected chi connectivity index (χ1v) is 11.3. The van der Waals surface area contributed by atoms with Crippen molar-refractivity contribution in [3.63, 3.8) is 0 Å². The summed E-state index contributed by atoms with van der Waals surface area (Å²) in [6.45, 7) is 2.10. The predicted molar refractivity (Wildman–Crippen MR) is 125 cm³/mol. The molecule has 1 aliphatic heterocycles. The van der Waals surface area contributed by atoms with Crippen molar-refractivity contribution in [1.82, 2.24) is 4.90 Å². The monoisotopic (exact) mass is 450 g/mol. The van der Waals surface area contributed by atoms with Gasteiger partial charge >= 0.3 is 0 Å². The minimum atomic E-state index is -1.35. The highest BCUT2D eigenvalue weighted by molar-refractivity contribution is 5.90. The lowest BCUT2D eigenvalue weighted by Gasteiger charge is -2.42. The molecule has 4 nitrogen and oxygen atoms in total. The second-order valence-corrected chi connectivity index (χ2v) is 8.56. The number of para-hydroxylation sites is 1. The number of carbonyl (C=O) groups excluding carboxylic acids is 1. The normalized spacial score (nSPS) is 15.4. The van der Waals surface area contributed by atoms with Crippen molar-refractivity contribution in [2.75, 3.05) is 25.0 Å². The third-order valence-electron chi connectivity index (χ3n) is 6.46. The fourth-order valence-electron chi connectivity index (χ4n) is 4.63. The molecule has 1 amide bonds. The van der Waals surface area contributed by atoms with Gasteiger partial charge in [-0.05, 0) is 79.4 Å². The van der Waals surface area contributed by atoms with Crippen LogP contribution < -0.4 is 5.32 Å². The quantitative estimate of drug-likeness (QED) is 0.536. The Morgan fingerprint density at radius 3 is 1.91 bits per heavy atom. The first kappa shape index (κ1) is 23.1. The van der Waals surface area contributed by atoms with Crippen molar-refractivity contribution in [3.8, 4) is 0 Å². The molecule has 4 rings (SSSR count). The molecule has 0 atom stereocenters. The number of amides is 1. The van der Waals surface area contributed by atoms with Gasteiger partial charge in [0.05, 0.1) is 0 Å². The molecule has 1 aliphatic rings. The van der Waals surface area contributed by atoms with Gasteiger partial charge < -0.3 is 15.3 Å². The van der Waals surface area contributed by atoms with Gasteiger partial charge in [-0.25, -0.2) is 8.78 Å². The van der Waals surface area contributed by atoms with E-state index >= 15 is 0 Å². The van der Waals surface area contributed by atoms with Gasteiger partial charge in [-0.15, -0.1) is 0 Å². The molecule has 1 saturated heterocycles. The molecule has 0 aromatic heterocycles. The highest BCUT2D eigenvalue weighted by Crippen LogP contribution is 2.42. The van der Waals surface area contributed by atoms with Crippen LogP contribution in [-0.2, 0) is 10.4 Å². The first-order chi connectivity index (χ1) is 15.9. The van der Waals surface area contributed by atoms with Crippen LogP contribution in [0, 0.1) is 17.6 Å². The molecule has 0 radical (unpaired) electrons. The Hall–Kier alpha value is -3.09. The van der Waals surface area contributed by atoms with Crippen LogP contribution in [0.2, 0.25) is 0 Å². The second-order valence-electron chi connectivity index (χ2n) is 8.56. The van der Waals surface area contributed by atoms with E-state index < -0.39 is 5.60 Å². The number of hydrogen-bond acceptors (Lipinski definition) is 3. The Kier molecular flexibility index (Phi) is 7.16. The summed E-state index contributed by atoms with van der Waals surface area (Å²) >= 11 is 0. The van der Waals surface area contributed by atoms with Crippen molar-refractivity contribution in [2.24, 2.45) is 5.92 Å². The average molecular weight is 451 g/mol. The number of likely N-dealkylation sites (tertiary alicyclic amines) is 1. The summed E-state index contributed by atoms with van der Waals surface area (Å²) in [7, 11) is 0. The zero-order valence-corrected chi connectivity index (χ0v) is 18.4. The van der Waals surface area contributed by atoms with Crippen LogP contribution >= 0.6 is 0 Å².